The second kappa shape index (κ2) is 8.84. The number of piperazine rings is 1. The van der Waals surface area contributed by atoms with Crippen LogP contribution in [0.4, 0.5) is 5.69 Å². The Labute approximate surface area is 189 Å². The number of fused-ring (bicyclic) bond motifs is 1. The number of amides is 2. The monoisotopic (exact) mass is 445 g/mol. The van der Waals surface area contributed by atoms with Crippen molar-refractivity contribution in [3.05, 3.63) is 78.6 Å². The smallest absolute Gasteiger partial charge is 0.251 e. The number of rotatable bonds is 5. The highest BCUT2D eigenvalue weighted by molar-refractivity contribution is 7.20. The average Bonchev–Trinajstić information content (AvgIpc) is 3.52. The average molecular weight is 446 g/mol. The van der Waals surface area contributed by atoms with Crippen molar-refractivity contribution in [2.75, 3.05) is 37.6 Å². The van der Waals surface area contributed by atoms with Crippen molar-refractivity contribution >= 4 is 39.1 Å². The molecule has 0 unspecified atom stereocenters. The van der Waals surface area contributed by atoms with E-state index in [-0.39, 0.29) is 18.4 Å². The Morgan fingerprint density at radius 1 is 0.938 bits per heavy atom. The Hall–Kier alpha value is -3.65. The molecule has 1 aliphatic rings. The molecule has 0 radical (unpaired) electrons. The van der Waals surface area contributed by atoms with Gasteiger partial charge in [-0.05, 0) is 42.5 Å². The van der Waals surface area contributed by atoms with E-state index in [4.69, 9.17) is 0 Å². The molecule has 2 amide bonds. The number of nitrogens with zero attached hydrogens (tertiary/aromatic N) is 4. The molecule has 0 saturated carbocycles. The van der Waals surface area contributed by atoms with Gasteiger partial charge in [0.1, 0.15) is 0 Å². The van der Waals surface area contributed by atoms with Gasteiger partial charge >= 0.3 is 0 Å². The molecule has 1 N–H and O–H groups in total. The predicted molar refractivity (Wildman–Crippen MR) is 127 cm³/mol. The Kier molecular flexibility index (Phi) is 5.60. The Balaban J connectivity index is 1.17. The van der Waals surface area contributed by atoms with Crippen LogP contribution in [0.25, 0.3) is 15.3 Å². The highest BCUT2D eigenvalue weighted by Gasteiger charge is 2.21. The first-order chi connectivity index (χ1) is 15.7. The van der Waals surface area contributed by atoms with Crippen molar-refractivity contribution in [2.24, 2.45) is 0 Å². The van der Waals surface area contributed by atoms with Crippen LogP contribution >= 0.6 is 11.3 Å². The van der Waals surface area contributed by atoms with E-state index in [1.165, 1.54) is 17.0 Å². The molecule has 162 valence electrons. The lowest BCUT2D eigenvalue weighted by Gasteiger charge is -2.36. The van der Waals surface area contributed by atoms with Gasteiger partial charge in [-0.15, -0.1) is 0 Å². The van der Waals surface area contributed by atoms with E-state index in [2.05, 4.69) is 27.3 Å². The summed E-state index contributed by atoms with van der Waals surface area (Å²) in [6.45, 7) is 2.88. The van der Waals surface area contributed by atoms with E-state index in [0.717, 1.165) is 28.4 Å². The molecule has 32 heavy (non-hydrogen) atoms. The molecule has 0 atom stereocenters. The molecule has 2 aromatic heterocycles. The predicted octanol–water partition coefficient (Wildman–Crippen LogP) is 3.17. The summed E-state index contributed by atoms with van der Waals surface area (Å²) in [4.78, 5) is 33.9. The fourth-order valence-corrected chi connectivity index (χ4v) is 4.82. The first-order valence-electron chi connectivity index (χ1n) is 10.6. The van der Waals surface area contributed by atoms with Gasteiger partial charge in [0.05, 0.1) is 16.8 Å². The van der Waals surface area contributed by atoms with Crippen LogP contribution in [0.1, 0.15) is 10.4 Å². The van der Waals surface area contributed by atoms with Crippen molar-refractivity contribution in [3.63, 3.8) is 0 Å². The van der Waals surface area contributed by atoms with Crippen LogP contribution in [0.5, 0.6) is 0 Å². The third-order valence-electron chi connectivity index (χ3n) is 5.62. The van der Waals surface area contributed by atoms with Gasteiger partial charge in [-0.1, -0.05) is 29.5 Å². The highest BCUT2D eigenvalue weighted by atomic mass is 32.1. The number of aromatic nitrogens is 2. The lowest BCUT2D eigenvalue weighted by molar-refractivity contribution is -0.130. The van der Waals surface area contributed by atoms with Gasteiger partial charge < -0.3 is 19.7 Å². The summed E-state index contributed by atoms with van der Waals surface area (Å²) in [5, 5.41) is 3.63. The van der Waals surface area contributed by atoms with Gasteiger partial charge in [0.25, 0.3) is 5.91 Å². The fourth-order valence-electron chi connectivity index (χ4n) is 3.85. The number of nitrogens with one attached hydrogen (secondary N) is 1. The summed E-state index contributed by atoms with van der Waals surface area (Å²) in [6.07, 6.45) is 3.88. The quantitative estimate of drug-likeness (QED) is 0.512. The molecule has 1 saturated heterocycles. The molecule has 2 aromatic carbocycles. The molecule has 0 bridgehead atoms. The molecule has 7 nitrogen and oxygen atoms in total. The number of carbonyl (C=O) groups is 2. The molecule has 0 spiro atoms. The Morgan fingerprint density at radius 3 is 2.44 bits per heavy atom. The number of hydrogen-bond acceptors (Lipinski definition) is 5. The third-order valence-corrected chi connectivity index (χ3v) is 6.65. The molecule has 3 heterocycles. The minimum absolute atomic E-state index is 0.000481. The van der Waals surface area contributed by atoms with Gasteiger partial charge in [-0.2, -0.15) is 0 Å². The van der Waals surface area contributed by atoms with E-state index < -0.39 is 0 Å². The molecular formula is C24H23N5O2S. The third kappa shape index (κ3) is 4.22. The van der Waals surface area contributed by atoms with Gasteiger partial charge in [-0.3, -0.25) is 9.59 Å². The topological polar surface area (TPSA) is 70.5 Å². The van der Waals surface area contributed by atoms with Crippen molar-refractivity contribution in [1.82, 2.24) is 19.8 Å². The number of carbonyl (C=O) groups excluding carboxylic acids is 2. The maximum Gasteiger partial charge on any atom is 0.251 e. The highest BCUT2D eigenvalue weighted by Crippen LogP contribution is 2.26. The summed E-state index contributed by atoms with van der Waals surface area (Å²) in [5.74, 6) is -0.307. The van der Waals surface area contributed by atoms with E-state index >= 15 is 0 Å². The van der Waals surface area contributed by atoms with Crippen LogP contribution in [0, 0.1) is 0 Å². The molecular weight excluding hydrogens is 422 g/mol. The minimum Gasteiger partial charge on any atom is -0.368 e. The van der Waals surface area contributed by atoms with Crippen LogP contribution < -0.4 is 10.2 Å². The minimum atomic E-state index is -0.251. The zero-order valence-electron chi connectivity index (χ0n) is 17.5. The van der Waals surface area contributed by atoms with Gasteiger partial charge in [-0.25, -0.2) is 4.98 Å². The molecule has 1 fully saturated rings. The van der Waals surface area contributed by atoms with E-state index in [1.807, 2.05) is 64.3 Å². The second-order valence-electron chi connectivity index (χ2n) is 7.66. The standard InChI is InChI=1S/C24H23N5O2S/c30-22(28-14-12-27(13-15-28)19-6-2-1-3-7-19)17-25-23(31)18-8-9-20-21(16-18)32-24(26-20)29-10-4-5-11-29/h1-11,16H,12-15,17H2,(H,25,31). The van der Waals surface area contributed by atoms with E-state index in [0.29, 0.717) is 18.7 Å². The summed E-state index contributed by atoms with van der Waals surface area (Å²) < 4.78 is 2.88. The molecule has 0 aliphatic carbocycles. The summed E-state index contributed by atoms with van der Waals surface area (Å²) in [5.41, 5.74) is 2.55. The van der Waals surface area contributed by atoms with Crippen LogP contribution in [-0.2, 0) is 4.79 Å². The molecule has 1 aliphatic heterocycles. The van der Waals surface area contributed by atoms with Gasteiger partial charge in [0, 0.05) is 49.8 Å². The van der Waals surface area contributed by atoms with Crippen molar-refractivity contribution in [1.29, 1.82) is 0 Å². The second-order valence-corrected chi connectivity index (χ2v) is 8.66. The largest absolute Gasteiger partial charge is 0.368 e. The van der Waals surface area contributed by atoms with Crippen molar-refractivity contribution in [3.8, 4) is 5.13 Å². The summed E-state index contributed by atoms with van der Waals surface area (Å²) in [7, 11) is 0. The van der Waals surface area contributed by atoms with E-state index in [9.17, 15) is 9.59 Å². The fraction of sp³-hybridized carbons (Fsp3) is 0.208. The number of benzene rings is 2. The van der Waals surface area contributed by atoms with Gasteiger partial charge in [0.15, 0.2) is 5.13 Å². The van der Waals surface area contributed by atoms with Gasteiger partial charge in [0.2, 0.25) is 5.91 Å². The number of para-hydroxylation sites is 1. The van der Waals surface area contributed by atoms with Crippen molar-refractivity contribution in [2.45, 2.75) is 0 Å². The number of hydrogen-bond donors (Lipinski definition) is 1. The van der Waals surface area contributed by atoms with Crippen molar-refractivity contribution < 1.29 is 9.59 Å². The van der Waals surface area contributed by atoms with Crippen LogP contribution in [0.2, 0.25) is 0 Å². The zero-order chi connectivity index (χ0) is 21.9. The Morgan fingerprint density at radius 2 is 1.69 bits per heavy atom. The van der Waals surface area contributed by atoms with E-state index in [1.54, 1.807) is 6.07 Å². The lowest BCUT2D eigenvalue weighted by Crippen LogP contribution is -2.51. The van der Waals surface area contributed by atoms with Crippen LogP contribution in [0.15, 0.2) is 73.1 Å². The van der Waals surface area contributed by atoms with Crippen LogP contribution in [-0.4, -0.2) is 59.0 Å². The molecule has 4 aromatic rings. The first-order valence-corrected chi connectivity index (χ1v) is 11.4. The summed E-state index contributed by atoms with van der Waals surface area (Å²) >= 11 is 1.52. The zero-order valence-corrected chi connectivity index (χ0v) is 18.3. The Bertz CT molecular complexity index is 1230. The molecule has 5 rings (SSSR count). The lowest BCUT2D eigenvalue weighted by atomic mass is 10.2. The first kappa shape index (κ1) is 20.3. The summed E-state index contributed by atoms with van der Waals surface area (Å²) in [6, 6.07) is 19.5. The SMILES string of the molecule is O=C(NCC(=O)N1CCN(c2ccccc2)CC1)c1ccc2nc(-n3cccc3)sc2c1. The normalized spacial score (nSPS) is 14.0. The van der Waals surface area contributed by atoms with Crippen LogP contribution in [0.3, 0.4) is 0 Å². The number of anilines is 1. The maximum absolute atomic E-state index is 12.6. The number of thiazole rings is 1. The maximum atomic E-state index is 12.6. The molecule has 8 heteroatoms.